The number of nitro groups is 1. The molecule has 0 atom stereocenters. The van der Waals surface area contributed by atoms with E-state index in [1.807, 2.05) is 62.0 Å². The van der Waals surface area contributed by atoms with Crippen LogP contribution in [-0.2, 0) is 0 Å². The molecule has 0 radical (unpaired) electrons. The molecule has 0 aliphatic carbocycles. The van der Waals surface area contributed by atoms with Gasteiger partial charge in [0.25, 0.3) is 5.69 Å². The molecule has 0 amide bonds. The van der Waals surface area contributed by atoms with E-state index in [0.29, 0.717) is 35.0 Å². The Kier molecular flexibility index (Phi) is 7.62. The maximum atomic E-state index is 13.4. The fraction of sp³-hybridized carbons (Fsp3) is 0.346. The lowest BCUT2D eigenvalue weighted by molar-refractivity contribution is -0.384. The van der Waals surface area contributed by atoms with Crippen LogP contribution in [0.25, 0.3) is 16.9 Å². The van der Waals surface area contributed by atoms with Gasteiger partial charge in [0.05, 0.1) is 28.8 Å². The highest BCUT2D eigenvalue weighted by molar-refractivity contribution is 5.79. The molecule has 4 rings (SSSR count). The summed E-state index contributed by atoms with van der Waals surface area (Å²) in [5.41, 5.74) is 1.98. The Bertz CT molecular complexity index is 1530. The lowest BCUT2D eigenvalue weighted by atomic mass is 10.2. The summed E-state index contributed by atoms with van der Waals surface area (Å²) in [7, 11) is 7.18. The van der Waals surface area contributed by atoms with Gasteiger partial charge in [0.2, 0.25) is 5.95 Å². The van der Waals surface area contributed by atoms with Gasteiger partial charge < -0.3 is 19.9 Å². The van der Waals surface area contributed by atoms with Crippen LogP contribution >= 0.6 is 0 Å². The van der Waals surface area contributed by atoms with Gasteiger partial charge in [0.1, 0.15) is 17.3 Å². The molecule has 2 aromatic heterocycles. The van der Waals surface area contributed by atoms with Crippen molar-refractivity contribution in [1.29, 1.82) is 0 Å². The van der Waals surface area contributed by atoms with Crippen molar-refractivity contribution in [2.24, 2.45) is 0 Å². The zero-order valence-electron chi connectivity index (χ0n) is 22.4. The molecule has 2 heterocycles. The molecule has 0 aliphatic rings. The largest absolute Gasteiger partial charge is 0.494 e. The first-order chi connectivity index (χ1) is 18.1. The predicted molar refractivity (Wildman–Crippen MR) is 148 cm³/mol. The summed E-state index contributed by atoms with van der Waals surface area (Å²) < 4.78 is 8.80. The number of nitro benzene ring substituents is 1. The zero-order valence-corrected chi connectivity index (χ0v) is 22.4. The summed E-state index contributed by atoms with van der Waals surface area (Å²) in [5.74, 6) is 0.929. The summed E-state index contributed by atoms with van der Waals surface area (Å²) in [6, 6.07) is 12.1. The number of rotatable bonds is 10. The maximum absolute atomic E-state index is 13.4. The molecule has 12 heteroatoms. The molecular weight excluding hydrogens is 488 g/mol. The Morgan fingerprint density at radius 2 is 1.82 bits per heavy atom. The first-order valence-electron chi connectivity index (χ1n) is 12.2. The van der Waals surface area contributed by atoms with Crippen molar-refractivity contribution in [2.75, 3.05) is 51.6 Å². The van der Waals surface area contributed by atoms with Crippen LogP contribution < -0.4 is 20.6 Å². The Morgan fingerprint density at radius 1 is 1.11 bits per heavy atom. The molecule has 0 aliphatic heterocycles. The highest BCUT2D eigenvalue weighted by Gasteiger charge is 2.23. The van der Waals surface area contributed by atoms with Crippen molar-refractivity contribution in [2.45, 2.75) is 19.9 Å². The van der Waals surface area contributed by atoms with Gasteiger partial charge in [-0.05, 0) is 40.1 Å². The van der Waals surface area contributed by atoms with Gasteiger partial charge >= 0.3 is 5.69 Å². The van der Waals surface area contributed by atoms with E-state index in [4.69, 9.17) is 4.74 Å². The fourth-order valence-electron chi connectivity index (χ4n) is 4.29. The number of anilines is 3. The third kappa shape index (κ3) is 5.16. The maximum Gasteiger partial charge on any atom is 0.335 e. The molecule has 2 aromatic carbocycles. The molecule has 0 saturated carbocycles. The van der Waals surface area contributed by atoms with Gasteiger partial charge in [0, 0.05) is 50.6 Å². The van der Waals surface area contributed by atoms with E-state index in [1.54, 1.807) is 23.7 Å². The average Bonchev–Trinajstić information content (AvgIpc) is 3.18. The van der Waals surface area contributed by atoms with E-state index in [-0.39, 0.29) is 23.4 Å². The van der Waals surface area contributed by atoms with Crippen molar-refractivity contribution in [1.82, 2.24) is 24.0 Å². The van der Waals surface area contributed by atoms with E-state index in [0.717, 1.165) is 12.1 Å². The average molecular weight is 521 g/mol. The van der Waals surface area contributed by atoms with Gasteiger partial charge in [-0.3, -0.25) is 14.7 Å². The fourth-order valence-corrected chi connectivity index (χ4v) is 4.29. The number of benzene rings is 2. The molecule has 38 heavy (non-hydrogen) atoms. The second-order valence-corrected chi connectivity index (χ2v) is 9.46. The highest BCUT2D eigenvalue weighted by Crippen LogP contribution is 2.38. The van der Waals surface area contributed by atoms with Crippen molar-refractivity contribution in [3.63, 3.8) is 0 Å². The molecule has 1 N–H and O–H groups in total. The number of ether oxygens (including phenoxy) is 1. The highest BCUT2D eigenvalue weighted by atomic mass is 16.6. The third-order valence-corrected chi connectivity index (χ3v) is 6.20. The number of likely N-dealkylation sites (N-methyl/N-ethyl adjacent to an activating group) is 2. The van der Waals surface area contributed by atoms with Gasteiger partial charge in [-0.1, -0.05) is 12.1 Å². The lowest BCUT2D eigenvalue weighted by Crippen LogP contribution is -2.29. The number of nitrogens with one attached hydrogen (secondary N) is 1. The molecule has 12 nitrogen and oxygen atoms in total. The number of hydrogen-bond donors (Lipinski definition) is 1. The second-order valence-electron chi connectivity index (χ2n) is 9.46. The minimum Gasteiger partial charge on any atom is -0.494 e. The van der Waals surface area contributed by atoms with Crippen LogP contribution in [0, 0.1) is 10.1 Å². The second kappa shape index (κ2) is 10.9. The van der Waals surface area contributed by atoms with E-state index < -0.39 is 4.92 Å². The zero-order chi connectivity index (χ0) is 27.6. The van der Waals surface area contributed by atoms with Gasteiger partial charge in [0.15, 0.2) is 0 Å². The van der Waals surface area contributed by atoms with Crippen LogP contribution in [-0.4, -0.2) is 70.3 Å². The summed E-state index contributed by atoms with van der Waals surface area (Å²) >= 11 is 0. The molecular formula is C26H32N8O4. The number of para-hydroxylation sites is 2. The van der Waals surface area contributed by atoms with Crippen molar-refractivity contribution in [3.8, 4) is 11.6 Å². The Balaban J connectivity index is 1.75. The summed E-state index contributed by atoms with van der Waals surface area (Å²) in [5, 5.41) is 15.0. The number of methoxy groups -OCH3 is 1. The number of hydrogen-bond acceptors (Lipinski definition) is 9. The van der Waals surface area contributed by atoms with Gasteiger partial charge in [-0.2, -0.15) is 4.98 Å². The van der Waals surface area contributed by atoms with Crippen LogP contribution in [0.2, 0.25) is 0 Å². The molecule has 0 unspecified atom stereocenters. The standard InChI is InChI=1S/C26H32N8O4/c1-17(2)32-19-9-7-8-10-20(19)33(26(32)35)24-11-12-27-25(29-24)28-18-15-22(34(36)37)21(16-23(18)38-6)31(5)14-13-30(3)4/h7-12,15-17H,13-14H2,1-6H3,(H,27,28,29). The van der Waals surface area contributed by atoms with Crippen LogP contribution in [0.4, 0.5) is 23.0 Å². The Hall–Kier alpha value is -4.45. The Labute approximate surface area is 220 Å². The predicted octanol–water partition coefficient (Wildman–Crippen LogP) is 3.82. The minimum atomic E-state index is -0.427. The minimum absolute atomic E-state index is 0.0488. The lowest BCUT2D eigenvalue weighted by Gasteiger charge is -2.22. The van der Waals surface area contributed by atoms with Crippen LogP contribution in [0.15, 0.2) is 53.5 Å². The third-order valence-electron chi connectivity index (χ3n) is 6.20. The quantitative estimate of drug-likeness (QED) is 0.245. The number of nitrogens with zero attached hydrogens (tertiary/aromatic N) is 7. The van der Waals surface area contributed by atoms with Crippen molar-refractivity contribution >= 4 is 34.0 Å². The molecule has 0 bridgehead atoms. The van der Waals surface area contributed by atoms with E-state index in [1.165, 1.54) is 23.9 Å². The van der Waals surface area contributed by atoms with Crippen LogP contribution in [0.3, 0.4) is 0 Å². The topological polar surface area (TPSA) is 124 Å². The smallest absolute Gasteiger partial charge is 0.335 e. The normalized spacial score (nSPS) is 11.4. The number of aromatic nitrogens is 4. The first kappa shape index (κ1) is 26.6. The molecule has 4 aromatic rings. The molecule has 0 spiro atoms. The van der Waals surface area contributed by atoms with E-state index in [2.05, 4.69) is 15.3 Å². The van der Waals surface area contributed by atoms with E-state index >= 15 is 0 Å². The van der Waals surface area contributed by atoms with Crippen molar-refractivity contribution < 1.29 is 9.66 Å². The summed E-state index contributed by atoms with van der Waals surface area (Å²) in [4.78, 5) is 37.6. The molecule has 0 saturated heterocycles. The first-order valence-corrected chi connectivity index (χ1v) is 12.2. The van der Waals surface area contributed by atoms with Crippen LogP contribution in [0.1, 0.15) is 19.9 Å². The van der Waals surface area contributed by atoms with Crippen LogP contribution in [0.5, 0.6) is 5.75 Å². The van der Waals surface area contributed by atoms with Gasteiger partial charge in [-0.15, -0.1) is 0 Å². The van der Waals surface area contributed by atoms with Crippen molar-refractivity contribution in [3.05, 3.63) is 69.3 Å². The molecule has 0 fully saturated rings. The van der Waals surface area contributed by atoms with Gasteiger partial charge in [-0.25, -0.2) is 14.3 Å². The summed E-state index contributed by atoms with van der Waals surface area (Å²) in [6.45, 7) is 5.22. The van der Waals surface area contributed by atoms with E-state index in [9.17, 15) is 14.9 Å². The molecule has 200 valence electrons. The Morgan fingerprint density at radius 3 is 2.45 bits per heavy atom. The summed E-state index contributed by atoms with van der Waals surface area (Å²) in [6.07, 6.45) is 1.53. The SMILES string of the molecule is COc1cc(N(C)CCN(C)C)c([N+](=O)[O-])cc1Nc1nccc(-n2c(=O)n(C(C)C)c3ccccc32)n1. The number of imidazole rings is 1. The number of fused-ring (bicyclic) bond motifs is 1. The monoisotopic (exact) mass is 520 g/mol.